The smallest absolute Gasteiger partial charge is 0.243 e. The van der Waals surface area contributed by atoms with Gasteiger partial charge in [-0.05, 0) is 62.0 Å². The zero-order chi connectivity index (χ0) is 13.6. The van der Waals surface area contributed by atoms with Crippen molar-refractivity contribution < 1.29 is 8.42 Å². The van der Waals surface area contributed by atoms with E-state index in [1.807, 2.05) is 19.9 Å². The highest BCUT2D eigenvalue weighted by molar-refractivity contribution is 7.89. The fourth-order valence-corrected chi connectivity index (χ4v) is 4.98. The van der Waals surface area contributed by atoms with Crippen LogP contribution in [0.15, 0.2) is 23.1 Å². The molecule has 4 nitrogen and oxygen atoms in total. The lowest BCUT2D eigenvalue weighted by Crippen LogP contribution is -2.32. The summed E-state index contributed by atoms with van der Waals surface area (Å²) in [6.07, 6.45) is 0. The van der Waals surface area contributed by atoms with Crippen LogP contribution in [0.4, 0.5) is 0 Å². The Labute approximate surface area is 114 Å². The van der Waals surface area contributed by atoms with Gasteiger partial charge >= 0.3 is 0 Å². The van der Waals surface area contributed by atoms with Crippen molar-refractivity contribution in [3.05, 3.63) is 29.3 Å². The van der Waals surface area contributed by atoms with E-state index in [1.165, 1.54) is 0 Å². The van der Waals surface area contributed by atoms with Gasteiger partial charge in [-0.15, -0.1) is 0 Å². The average molecular weight is 280 g/mol. The number of fused-ring (bicyclic) bond motifs is 1. The van der Waals surface area contributed by atoms with Gasteiger partial charge in [0, 0.05) is 13.1 Å². The Bertz CT molecular complexity index is 565. The minimum absolute atomic E-state index is 0.443. The molecule has 0 aliphatic carbocycles. The summed E-state index contributed by atoms with van der Waals surface area (Å²) in [6.45, 7) is 7.09. The van der Waals surface area contributed by atoms with E-state index in [9.17, 15) is 8.42 Å². The number of hydrogen-bond acceptors (Lipinski definition) is 3. The van der Waals surface area contributed by atoms with Crippen LogP contribution in [0.5, 0.6) is 0 Å². The van der Waals surface area contributed by atoms with E-state index in [0.717, 1.165) is 24.2 Å². The average Bonchev–Trinajstić information content (AvgIpc) is 2.87. The van der Waals surface area contributed by atoms with Gasteiger partial charge in [0.05, 0.1) is 4.90 Å². The van der Waals surface area contributed by atoms with Crippen molar-refractivity contribution in [3.63, 3.8) is 0 Å². The highest BCUT2D eigenvalue weighted by Crippen LogP contribution is 2.31. The molecule has 5 heteroatoms. The fraction of sp³-hybridized carbons (Fsp3) is 0.571. The molecule has 0 spiro atoms. The maximum Gasteiger partial charge on any atom is 0.243 e. The first-order chi connectivity index (χ1) is 8.96. The zero-order valence-electron chi connectivity index (χ0n) is 11.4. The summed E-state index contributed by atoms with van der Waals surface area (Å²) in [5.41, 5.74) is 2.00. The van der Waals surface area contributed by atoms with E-state index >= 15 is 0 Å². The molecule has 19 heavy (non-hydrogen) atoms. The number of benzene rings is 1. The maximum atomic E-state index is 12.7. The predicted molar refractivity (Wildman–Crippen MR) is 74.5 cm³/mol. The van der Waals surface area contributed by atoms with Crippen molar-refractivity contribution in [2.75, 3.05) is 26.2 Å². The third kappa shape index (κ3) is 2.30. The maximum absolute atomic E-state index is 12.7. The highest BCUT2D eigenvalue weighted by atomic mass is 32.2. The van der Waals surface area contributed by atoms with E-state index in [1.54, 1.807) is 16.4 Å². The number of rotatable bonds is 2. The molecule has 0 aromatic heterocycles. The molecule has 0 saturated carbocycles. The van der Waals surface area contributed by atoms with Crippen LogP contribution in [-0.2, 0) is 10.0 Å². The molecule has 1 aromatic carbocycles. The van der Waals surface area contributed by atoms with E-state index < -0.39 is 10.0 Å². The number of sulfonamides is 1. The van der Waals surface area contributed by atoms with Gasteiger partial charge in [-0.3, -0.25) is 0 Å². The van der Waals surface area contributed by atoms with Crippen LogP contribution in [0.2, 0.25) is 0 Å². The van der Waals surface area contributed by atoms with Crippen LogP contribution in [0.25, 0.3) is 0 Å². The standard InChI is InChI=1S/C14H20N2O2S/c1-10-3-11(2)5-14(4-10)19(17,18)16-8-12-6-15-7-13(12)9-16/h3-5,12-13,15H,6-9H2,1-2H3/t12-,13+. The highest BCUT2D eigenvalue weighted by Gasteiger charge is 2.41. The van der Waals surface area contributed by atoms with Gasteiger partial charge in [-0.2, -0.15) is 4.31 Å². The first-order valence-electron chi connectivity index (χ1n) is 6.76. The molecule has 2 aliphatic heterocycles. The molecule has 2 fully saturated rings. The van der Waals surface area contributed by atoms with Crippen molar-refractivity contribution in [3.8, 4) is 0 Å². The summed E-state index contributed by atoms with van der Waals surface area (Å²) in [6, 6.07) is 5.55. The van der Waals surface area contributed by atoms with Gasteiger partial charge in [0.2, 0.25) is 10.0 Å². The quantitative estimate of drug-likeness (QED) is 0.884. The Morgan fingerprint density at radius 2 is 1.58 bits per heavy atom. The molecule has 2 heterocycles. The zero-order valence-corrected chi connectivity index (χ0v) is 12.2. The molecular weight excluding hydrogens is 260 g/mol. The summed E-state index contributed by atoms with van der Waals surface area (Å²) in [5.74, 6) is 0.973. The normalized spacial score (nSPS) is 27.7. The van der Waals surface area contributed by atoms with Gasteiger partial charge in [0.1, 0.15) is 0 Å². The first kappa shape index (κ1) is 13.1. The van der Waals surface area contributed by atoms with Crippen LogP contribution in [0.1, 0.15) is 11.1 Å². The van der Waals surface area contributed by atoms with Gasteiger partial charge in [0.25, 0.3) is 0 Å². The van der Waals surface area contributed by atoms with E-state index in [4.69, 9.17) is 0 Å². The molecule has 2 saturated heterocycles. The summed E-state index contributed by atoms with van der Waals surface area (Å²) in [5, 5.41) is 3.33. The van der Waals surface area contributed by atoms with Crippen molar-refractivity contribution in [2.45, 2.75) is 18.7 Å². The lowest BCUT2D eigenvalue weighted by molar-refractivity contribution is 0.448. The molecule has 0 bridgehead atoms. The third-order valence-electron chi connectivity index (χ3n) is 4.19. The summed E-state index contributed by atoms with van der Waals surface area (Å²) in [7, 11) is -3.32. The Hall–Kier alpha value is -0.910. The Morgan fingerprint density at radius 1 is 1.05 bits per heavy atom. The molecule has 0 unspecified atom stereocenters. The summed E-state index contributed by atoms with van der Waals surface area (Å²) >= 11 is 0. The van der Waals surface area contributed by atoms with Gasteiger partial charge < -0.3 is 5.32 Å². The summed E-state index contributed by atoms with van der Waals surface area (Å²) in [4.78, 5) is 0.443. The Morgan fingerprint density at radius 3 is 2.11 bits per heavy atom. The number of nitrogens with one attached hydrogen (secondary N) is 1. The molecule has 2 atom stereocenters. The lowest BCUT2D eigenvalue weighted by atomic mass is 10.0. The number of aryl methyl sites for hydroxylation is 2. The molecular formula is C14H20N2O2S. The van der Waals surface area contributed by atoms with Crippen LogP contribution in [0, 0.1) is 25.7 Å². The van der Waals surface area contributed by atoms with Crippen LogP contribution in [-0.4, -0.2) is 38.9 Å². The van der Waals surface area contributed by atoms with E-state index in [2.05, 4.69) is 5.32 Å². The van der Waals surface area contributed by atoms with Gasteiger partial charge in [-0.1, -0.05) is 6.07 Å². The SMILES string of the molecule is Cc1cc(C)cc(S(=O)(=O)N2C[C@H]3CNC[C@H]3C2)c1. The largest absolute Gasteiger partial charge is 0.316 e. The minimum Gasteiger partial charge on any atom is -0.316 e. The minimum atomic E-state index is -3.32. The molecule has 104 valence electrons. The van der Waals surface area contributed by atoms with Crippen molar-refractivity contribution in [1.29, 1.82) is 0 Å². The van der Waals surface area contributed by atoms with Crippen LogP contribution >= 0.6 is 0 Å². The second-order valence-corrected chi connectivity index (χ2v) is 7.76. The number of hydrogen-bond donors (Lipinski definition) is 1. The molecule has 1 aromatic rings. The molecule has 0 radical (unpaired) electrons. The topological polar surface area (TPSA) is 49.4 Å². The Kier molecular flexibility index (Phi) is 3.15. The third-order valence-corrected chi connectivity index (χ3v) is 6.00. The molecule has 0 amide bonds. The molecule has 3 rings (SSSR count). The van der Waals surface area contributed by atoms with Gasteiger partial charge in [0.15, 0.2) is 0 Å². The van der Waals surface area contributed by atoms with Crippen molar-refractivity contribution in [1.82, 2.24) is 9.62 Å². The first-order valence-corrected chi connectivity index (χ1v) is 8.20. The van der Waals surface area contributed by atoms with Crippen LogP contribution < -0.4 is 5.32 Å². The lowest BCUT2D eigenvalue weighted by Gasteiger charge is -2.18. The second kappa shape index (κ2) is 4.58. The molecule has 1 N–H and O–H groups in total. The predicted octanol–water partition coefficient (Wildman–Crippen LogP) is 1.14. The van der Waals surface area contributed by atoms with Crippen molar-refractivity contribution >= 4 is 10.0 Å². The molecule has 2 aliphatic rings. The Balaban J connectivity index is 1.91. The summed E-state index contributed by atoms with van der Waals surface area (Å²) < 4.78 is 27.0. The van der Waals surface area contributed by atoms with Gasteiger partial charge in [-0.25, -0.2) is 8.42 Å². The van der Waals surface area contributed by atoms with Crippen LogP contribution in [0.3, 0.4) is 0 Å². The van der Waals surface area contributed by atoms with Crippen molar-refractivity contribution in [2.24, 2.45) is 11.8 Å². The van der Waals surface area contributed by atoms with E-state index in [0.29, 0.717) is 29.8 Å². The second-order valence-electron chi connectivity index (χ2n) is 5.82. The monoisotopic (exact) mass is 280 g/mol. The fourth-order valence-electron chi connectivity index (χ4n) is 3.24. The van der Waals surface area contributed by atoms with E-state index in [-0.39, 0.29) is 0 Å². The number of nitrogens with zero attached hydrogens (tertiary/aromatic N) is 1.